The summed E-state index contributed by atoms with van der Waals surface area (Å²) in [5, 5.41) is 6.71. The lowest BCUT2D eigenvalue weighted by atomic mass is 11.5. The van der Waals surface area contributed by atoms with Crippen molar-refractivity contribution >= 4 is 0 Å². The molecule has 0 bridgehead atoms. The van der Waals surface area contributed by atoms with E-state index in [4.69, 9.17) is 0 Å². The van der Waals surface area contributed by atoms with Crippen LogP contribution in [0.15, 0.2) is 10.4 Å². The lowest BCUT2D eigenvalue weighted by Gasteiger charge is -1.80. The number of rotatable bonds is 2. The van der Waals surface area contributed by atoms with Crippen molar-refractivity contribution in [2.45, 2.75) is 0 Å². The summed E-state index contributed by atoms with van der Waals surface area (Å²) in [6.07, 6.45) is 0. The Balaban J connectivity index is 2.73. The summed E-state index contributed by atoms with van der Waals surface area (Å²) in [5.41, 5.74) is 4.93. The zero-order chi connectivity index (χ0) is 4.83. The molecule has 0 unspecified atom stereocenters. The molecule has 0 aromatic carbocycles. The molecule has 0 aromatic rings. The Bertz CT molecular complexity index is 34.8. The third kappa shape index (κ3) is 3.20. The first-order valence-corrected chi connectivity index (χ1v) is 1.65. The van der Waals surface area contributed by atoms with Crippen molar-refractivity contribution in [2.24, 2.45) is 10.4 Å². The maximum absolute atomic E-state index is 3.35. The molecule has 4 heteroatoms. The molecular weight excluding hydrogens is 80.0 g/mol. The molecule has 0 spiro atoms. The first-order chi connectivity index (χ1) is 2.91. The van der Waals surface area contributed by atoms with Crippen molar-refractivity contribution < 1.29 is 0 Å². The Morgan fingerprint density at radius 2 is 1.33 bits per heavy atom. The molecule has 36 valence electrons. The molecule has 4 nitrogen and oxygen atoms in total. The zero-order valence-corrected chi connectivity index (χ0v) is 3.89. The predicted octanol–water partition coefficient (Wildman–Crippen LogP) is -0.293. The average molecular weight is 88.1 g/mol. The van der Waals surface area contributed by atoms with Crippen LogP contribution in [0.5, 0.6) is 0 Å². The van der Waals surface area contributed by atoms with Crippen LogP contribution >= 0.6 is 0 Å². The highest BCUT2D eigenvalue weighted by Gasteiger charge is 1.52. The van der Waals surface area contributed by atoms with Crippen LogP contribution in [0, 0.1) is 0 Å². The molecule has 0 fully saturated rings. The van der Waals surface area contributed by atoms with Crippen LogP contribution in [0.3, 0.4) is 0 Å². The highest BCUT2D eigenvalue weighted by Crippen LogP contribution is 1.51. The zero-order valence-electron chi connectivity index (χ0n) is 3.89. The summed E-state index contributed by atoms with van der Waals surface area (Å²) in [7, 11) is 3.36. The second-order valence-corrected chi connectivity index (χ2v) is 0.647. The molecule has 2 N–H and O–H groups in total. The van der Waals surface area contributed by atoms with Gasteiger partial charge >= 0.3 is 0 Å². The Kier molecular flexibility index (Phi) is 3.64. The minimum atomic E-state index is 1.68. The quantitative estimate of drug-likeness (QED) is 0.360. The summed E-state index contributed by atoms with van der Waals surface area (Å²) in [4.78, 5) is 0. The fourth-order valence-corrected chi connectivity index (χ4v) is 0.100. The van der Waals surface area contributed by atoms with Gasteiger partial charge in [0.15, 0.2) is 0 Å². The largest absolute Gasteiger partial charge is 0.293 e. The number of hydrogen-bond acceptors (Lipinski definition) is 2. The molecule has 0 amide bonds. The molecule has 0 aliphatic rings. The molecule has 0 saturated heterocycles. The summed E-state index contributed by atoms with van der Waals surface area (Å²) >= 11 is 0. The lowest BCUT2D eigenvalue weighted by molar-refractivity contribution is 0.704. The van der Waals surface area contributed by atoms with E-state index in [1.54, 1.807) is 14.1 Å². The van der Waals surface area contributed by atoms with E-state index in [9.17, 15) is 0 Å². The first-order valence-electron chi connectivity index (χ1n) is 1.65. The van der Waals surface area contributed by atoms with Crippen LogP contribution in [0.2, 0.25) is 0 Å². The fraction of sp³-hybridized carbons (Fsp3) is 1.00. The van der Waals surface area contributed by atoms with Crippen LogP contribution in [0.4, 0.5) is 0 Å². The topological polar surface area (TPSA) is 48.8 Å². The van der Waals surface area contributed by atoms with Crippen molar-refractivity contribution in [3.8, 4) is 0 Å². The van der Waals surface area contributed by atoms with Gasteiger partial charge in [-0.25, -0.2) is 0 Å². The van der Waals surface area contributed by atoms with Gasteiger partial charge in [-0.3, -0.25) is 10.9 Å². The minimum absolute atomic E-state index is 1.68. The van der Waals surface area contributed by atoms with Crippen LogP contribution in [0.1, 0.15) is 0 Å². The molecule has 0 aromatic heterocycles. The summed E-state index contributed by atoms with van der Waals surface area (Å²) in [6, 6.07) is 0. The van der Waals surface area contributed by atoms with E-state index in [0.29, 0.717) is 0 Å². The second-order valence-electron chi connectivity index (χ2n) is 0.647. The van der Waals surface area contributed by atoms with Crippen molar-refractivity contribution in [2.75, 3.05) is 14.1 Å². The maximum atomic E-state index is 3.35. The summed E-state index contributed by atoms with van der Waals surface area (Å²) in [5.74, 6) is 0. The van der Waals surface area contributed by atoms with Gasteiger partial charge in [-0.05, 0) is 0 Å². The highest BCUT2D eigenvalue weighted by atomic mass is 15.5. The summed E-state index contributed by atoms with van der Waals surface area (Å²) in [6.45, 7) is 0. The Hall–Kier alpha value is -0.800. The first kappa shape index (κ1) is 5.20. The van der Waals surface area contributed by atoms with E-state index in [1.165, 1.54) is 0 Å². The number of hydrogen-bond donors (Lipinski definition) is 2. The van der Waals surface area contributed by atoms with Gasteiger partial charge in [-0.1, -0.05) is 10.4 Å². The Morgan fingerprint density at radius 1 is 1.00 bits per heavy atom. The molecule has 0 atom stereocenters. The molecule has 0 radical (unpaired) electrons. The lowest BCUT2D eigenvalue weighted by Crippen LogP contribution is -1.97. The van der Waals surface area contributed by atoms with E-state index in [2.05, 4.69) is 21.3 Å². The van der Waals surface area contributed by atoms with E-state index in [0.717, 1.165) is 0 Å². The van der Waals surface area contributed by atoms with Crippen molar-refractivity contribution in [1.29, 1.82) is 0 Å². The smallest absolute Gasteiger partial charge is 0.0234 e. The summed E-state index contributed by atoms with van der Waals surface area (Å²) < 4.78 is 0. The van der Waals surface area contributed by atoms with Crippen LogP contribution in [-0.2, 0) is 0 Å². The third-order valence-corrected chi connectivity index (χ3v) is 0.250. The predicted molar refractivity (Wildman–Crippen MR) is 23.0 cm³/mol. The van der Waals surface area contributed by atoms with E-state index in [-0.39, 0.29) is 0 Å². The second kappa shape index (κ2) is 4.20. The minimum Gasteiger partial charge on any atom is -0.293 e. The van der Waals surface area contributed by atoms with Gasteiger partial charge in [0.2, 0.25) is 0 Å². The molecule has 0 rings (SSSR count). The fourth-order valence-electron chi connectivity index (χ4n) is 0.100. The van der Waals surface area contributed by atoms with Gasteiger partial charge in [0, 0.05) is 14.1 Å². The van der Waals surface area contributed by atoms with E-state index >= 15 is 0 Å². The Labute approximate surface area is 36.6 Å². The van der Waals surface area contributed by atoms with E-state index < -0.39 is 0 Å². The molecule has 0 aliphatic carbocycles. The van der Waals surface area contributed by atoms with Crippen molar-refractivity contribution in [1.82, 2.24) is 10.9 Å². The van der Waals surface area contributed by atoms with Gasteiger partial charge in [0.1, 0.15) is 0 Å². The van der Waals surface area contributed by atoms with Gasteiger partial charge < -0.3 is 0 Å². The molecule has 6 heavy (non-hydrogen) atoms. The Morgan fingerprint density at radius 3 is 1.50 bits per heavy atom. The van der Waals surface area contributed by atoms with Crippen LogP contribution in [0.25, 0.3) is 0 Å². The van der Waals surface area contributed by atoms with Gasteiger partial charge in [0.25, 0.3) is 0 Å². The van der Waals surface area contributed by atoms with Crippen LogP contribution in [-0.4, -0.2) is 14.1 Å². The number of nitrogens with zero attached hydrogens (tertiary/aromatic N) is 2. The molecular formula is C2H8N4. The van der Waals surface area contributed by atoms with Crippen molar-refractivity contribution in [3.05, 3.63) is 0 Å². The standard InChI is InChI=1S/C2H8N4/c1-3-5-6-4-2/h1-2H3,(H,3,6)(H,4,5). The van der Waals surface area contributed by atoms with E-state index in [1.807, 2.05) is 0 Å². The molecule has 0 heterocycles. The normalized spacial score (nSPS) is 9.00. The van der Waals surface area contributed by atoms with Gasteiger partial charge in [-0.15, -0.1) is 0 Å². The van der Waals surface area contributed by atoms with Crippen molar-refractivity contribution in [3.63, 3.8) is 0 Å². The van der Waals surface area contributed by atoms with Gasteiger partial charge in [-0.2, -0.15) is 0 Å². The average Bonchev–Trinajstić information content (AvgIpc) is 1.61. The van der Waals surface area contributed by atoms with Crippen LogP contribution < -0.4 is 10.9 Å². The highest BCUT2D eigenvalue weighted by molar-refractivity contribution is 4.05. The molecule has 0 aliphatic heterocycles. The third-order valence-electron chi connectivity index (χ3n) is 0.250. The number of nitrogens with one attached hydrogen (secondary N) is 2. The molecule has 0 saturated carbocycles. The monoisotopic (exact) mass is 88.1 g/mol. The maximum Gasteiger partial charge on any atom is 0.0234 e. The SMILES string of the molecule is CN/N=N\NC. The van der Waals surface area contributed by atoms with Gasteiger partial charge in [0.05, 0.1) is 0 Å².